The summed E-state index contributed by atoms with van der Waals surface area (Å²) in [5.41, 5.74) is 0. The van der Waals surface area contributed by atoms with Crippen LogP contribution in [0.25, 0.3) is 0 Å². The molecule has 0 aliphatic carbocycles. The highest BCUT2D eigenvalue weighted by molar-refractivity contribution is 9.10. The summed E-state index contributed by atoms with van der Waals surface area (Å²) in [5.74, 6) is 0.750. The molecule has 0 saturated heterocycles. The highest BCUT2D eigenvalue weighted by atomic mass is 79.9. The van der Waals surface area contributed by atoms with E-state index in [0.29, 0.717) is 26.3 Å². The van der Waals surface area contributed by atoms with Gasteiger partial charge in [-0.3, -0.25) is 0 Å². The summed E-state index contributed by atoms with van der Waals surface area (Å²) >= 11 is 3.36. The van der Waals surface area contributed by atoms with Crippen molar-refractivity contribution >= 4 is 15.9 Å². The van der Waals surface area contributed by atoms with Gasteiger partial charge in [-0.25, -0.2) is 0 Å². The standard InChI is InChI=1S/C15H22BrNO3/c1-2-3-9-19-10-8-17-11-14(18)12-20-15-6-4-13(16)5-7-15/h2,4-7,14,17-18H,1,3,8-12H2. The van der Waals surface area contributed by atoms with Crippen molar-refractivity contribution in [2.24, 2.45) is 0 Å². The maximum Gasteiger partial charge on any atom is 0.119 e. The molecule has 20 heavy (non-hydrogen) atoms. The lowest BCUT2D eigenvalue weighted by Crippen LogP contribution is -2.33. The van der Waals surface area contributed by atoms with Gasteiger partial charge in [0.15, 0.2) is 0 Å². The Morgan fingerprint density at radius 2 is 2.05 bits per heavy atom. The SMILES string of the molecule is C=CCCOCCNCC(O)COc1ccc(Br)cc1. The molecule has 0 bridgehead atoms. The van der Waals surface area contributed by atoms with Crippen molar-refractivity contribution in [1.29, 1.82) is 0 Å². The third-order valence-corrected chi connectivity index (χ3v) is 3.05. The Balaban J connectivity index is 2.01. The summed E-state index contributed by atoms with van der Waals surface area (Å²) in [6.07, 6.45) is 2.16. The number of ether oxygens (including phenoxy) is 2. The van der Waals surface area contributed by atoms with E-state index in [1.54, 1.807) is 0 Å². The average Bonchev–Trinajstić information content (AvgIpc) is 2.46. The molecule has 0 aromatic heterocycles. The molecule has 0 aliphatic rings. The summed E-state index contributed by atoms with van der Waals surface area (Å²) in [4.78, 5) is 0. The van der Waals surface area contributed by atoms with Crippen LogP contribution in [0.4, 0.5) is 0 Å². The first-order valence-electron chi connectivity index (χ1n) is 6.68. The van der Waals surface area contributed by atoms with Crippen LogP contribution < -0.4 is 10.1 Å². The summed E-state index contributed by atoms with van der Waals surface area (Å²) in [7, 11) is 0. The van der Waals surface area contributed by atoms with Gasteiger partial charge >= 0.3 is 0 Å². The van der Waals surface area contributed by atoms with Crippen molar-refractivity contribution in [3.05, 3.63) is 41.4 Å². The fraction of sp³-hybridized carbons (Fsp3) is 0.467. The second kappa shape index (κ2) is 10.9. The zero-order valence-electron chi connectivity index (χ0n) is 11.6. The van der Waals surface area contributed by atoms with Crippen molar-refractivity contribution in [2.45, 2.75) is 12.5 Å². The minimum Gasteiger partial charge on any atom is -0.491 e. The number of hydrogen-bond donors (Lipinski definition) is 2. The maximum atomic E-state index is 9.76. The molecule has 0 saturated carbocycles. The molecule has 0 heterocycles. The second-order valence-corrected chi connectivity index (χ2v) is 5.23. The molecule has 0 fully saturated rings. The number of aliphatic hydroxyl groups excluding tert-OH is 1. The van der Waals surface area contributed by atoms with Gasteiger partial charge in [-0.05, 0) is 30.7 Å². The first kappa shape index (κ1) is 17.2. The van der Waals surface area contributed by atoms with Crippen LogP contribution >= 0.6 is 15.9 Å². The minimum absolute atomic E-state index is 0.270. The molecule has 0 spiro atoms. The highest BCUT2D eigenvalue weighted by Crippen LogP contribution is 2.16. The van der Waals surface area contributed by atoms with E-state index in [1.165, 1.54) is 0 Å². The quantitative estimate of drug-likeness (QED) is 0.478. The van der Waals surface area contributed by atoms with Crippen molar-refractivity contribution in [1.82, 2.24) is 5.32 Å². The molecule has 2 N–H and O–H groups in total. The molecular weight excluding hydrogens is 322 g/mol. The summed E-state index contributed by atoms with van der Waals surface area (Å²) in [5, 5.41) is 12.9. The van der Waals surface area contributed by atoms with E-state index >= 15 is 0 Å². The summed E-state index contributed by atoms with van der Waals surface area (Å²) in [6, 6.07) is 7.52. The van der Waals surface area contributed by atoms with E-state index in [1.807, 2.05) is 30.3 Å². The lowest BCUT2D eigenvalue weighted by atomic mass is 10.3. The summed E-state index contributed by atoms with van der Waals surface area (Å²) in [6.45, 7) is 6.42. The van der Waals surface area contributed by atoms with Crippen LogP contribution in [0.2, 0.25) is 0 Å². The smallest absolute Gasteiger partial charge is 0.119 e. The molecule has 0 radical (unpaired) electrons. The van der Waals surface area contributed by atoms with Crippen molar-refractivity contribution < 1.29 is 14.6 Å². The molecule has 1 atom stereocenters. The van der Waals surface area contributed by atoms with Gasteiger partial charge in [0.2, 0.25) is 0 Å². The Morgan fingerprint density at radius 3 is 2.75 bits per heavy atom. The number of halogens is 1. The molecule has 0 amide bonds. The predicted molar refractivity (Wildman–Crippen MR) is 84.1 cm³/mol. The zero-order valence-corrected chi connectivity index (χ0v) is 13.1. The first-order chi connectivity index (χ1) is 9.72. The van der Waals surface area contributed by atoms with Gasteiger partial charge in [0, 0.05) is 17.6 Å². The van der Waals surface area contributed by atoms with Gasteiger partial charge in [0.25, 0.3) is 0 Å². The monoisotopic (exact) mass is 343 g/mol. The molecule has 1 unspecified atom stereocenters. The molecule has 4 nitrogen and oxygen atoms in total. The van der Waals surface area contributed by atoms with Gasteiger partial charge in [-0.2, -0.15) is 0 Å². The third-order valence-electron chi connectivity index (χ3n) is 2.53. The molecule has 1 aromatic carbocycles. The lowest BCUT2D eigenvalue weighted by Gasteiger charge is -2.13. The molecule has 1 aromatic rings. The van der Waals surface area contributed by atoms with Crippen LogP contribution in [0.5, 0.6) is 5.75 Å². The van der Waals surface area contributed by atoms with Crippen LogP contribution in [0.15, 0.2) is 41.4 Å². The Morgan fingerprint density at radius 1 is 1.30 bits per heavy atom. The number of benzene rings is 1. The van der Waals surface area contributed by atoms with Crippen molar-refractivity contribution in [2.75, 3.05) is 32.9 Å². The number of aliphatic hydroxyl groups is 1. The van der Waals surface area contributed by atoms with Crippen molar-refractivity contribution in [3.8, 4) is 5.75 Å². The topological polar surface area (TPSA) is 50.7 Å². The fourth-order valence-corrected chi connectivity index (χ4v) is 1.73. The Labute approximate surface area is 128 Å². The zero-order chi connectivity index (χ0) is 14.6. The van der Waals surface area contributed by atoms with E-state index in [-0.39, 0.29) is 6.61 Å². The van der Waals surface area contributed by atoms with E-state index in [4.69, 9.17) is 9.47 Å². The van der Waals surface area contributed by atoms with Gasteiger partial charge < -0.3 is 19.9 Å². The van der Waals surface area contributed by atoms with E-state index in [9.17, 15) is 5.11 Å². The average molecular weight is 344 g/mol. The molecular formula is C15H22BrNO3. The van der Waals surface area contributed by atoms with Crippen LogP contribution in [0, 0.1) is 0 Å². The van der Waals surface area contributed by atoms with E-state index < -0.39 is 6.10 Å². The minimum atomic E-state index is -0.535. The van der Waals surface area contributed by atoms with E-state index in [0.717, 1.165) is 16.6 Å². The highest BCUT2D eigenvalue weighted by Gasteiger charge is 2.04. The normalized spacial score (nSPS) is 12.1. The number of nitrogens with one attached hydrogen (secondary N) is 1. The maximum absolute atomic E-state index is 9.76. The van der Waals surface area contributed by atoms with Crippen LogP contribution in [0.3, 0.4) is 0 Å². The Bertz CT molecular complexity index is 370. The number of hydrogen-bond acceptors (Lipinski definition) is 4. The molecule has 5 heteroatoms. The van der Waals surface area contributed by atoms with Crippen LogP contribution in [-0.2, 0) is 4.74 Å². The lowest BCUT2D eigenvalue weighted by molar-refractivity contribution is 0.0993. The second-order valence-electron chi connectivity index (χ2n) is 4.31. The van der Waals surface area contributed by atoms with Crippen LogP contribution in [-0.4, -0.2) is 44.1 Å². The molecule has 1 rings (SSSR count). The fourth-order valence-electron chi connectivity index (χ4n) is 1.46. The van der Waals surface area contributed by atoms with Gasteiger partial charge in [0.1, 0.15) is 18.5 Å². The predicted octanol–water partition coefficient (Wildman–Crippen LogP) is 2.37. The van der Waals surface area contributed by atoms with Gasteiger partial charge in [-0.1, -0.05) is 22.0 Å². The Hall–Kier alpha value is -0.880. The largest absolute Gasteiger partial charge is 0.491 e. The summed E-state index contributed by atoms with van der Waals surface area (Å²) < 4.78 is 11.8. The first-order valence-corrected chi connectivity index (χ1v) is 7.47. The van der Waals surface area contributed by atoms with Crippen LogP contribution in [0.1, 0.15) is 6.42 Å². The van der Waals surface area contributed by atoms with Gasteiger partial charge in [-0.15, -0.1) is 6.58 Å². The Kier molecular flexibility index (Phi) is 9.32. The van der Waals surface area contributed by atoms with Crippen molar-refractivity contribution in [3.63, 3.8) is 0 Å². The van der Waals surface area contributed by atoms with E-state index in [2.05, 4.69) is 27.8 Å². The number of rotatable bonds is 11. The van der Waals surface area contributed by atoms with Gasteiger partial charge in [0.05, 0.1) is 13.2 Å². The molecule has 0 aliphatic heterocycles. The third kappa shape index (κ3) is 8.32. The molecule has 112 valence electrons.